The van der Waals surface area contributed by atoms with E-state index >= 15 is 0 Å². The zero-order valence-corrected chi connectivity index (χ0v) is 26.9. The van der Waals surface area contributed by atoms with Crippen LogP contribution in [0.3, 0.4) is 0 Å². The lowest BCUT2D eigenvalue weighted by atomic mass is 10.2. The summed E-state index contributed by atoms with van der Waals surface area (Å²) >= 11 is 0. The minimum absolute atomic E-state index is 0.146. The molecule has 0 bridgehead atoms. The summed E-state index contributed by atoms with van der Waals surface area (Å²) in [6.45, 7) is 0.584. The highest BCUT2D eigenvalue weighted by Crippen LogP contribution is 2.35. The van der Waals surface area contributed by atoms with Crippen LogP contribution in [-0.4, -0.2) is 51.6 Å². The van der Waals surface area contributed by atoms with E-state index < -0.39 is 24.6 Å². The first kappa shape index (κ1) is 38.0. The number of unbranched alkanes of at least 4 members (excludes halogenated alkanes) is 12. The number of nitriles is 4. The van der Waals surface area contributed by atoms with Crippen LogP contribution in [0.25, 0.3) is 0 Å². The number of hydrogen-bond acceptors (Lipinski definition) is 8. The molecule has 0 atom stereocenters. The van der Waals surface area contributed by atoms with Gasteiger partial charge in [0.25, 0.3) is 0 Å². The van der Waals surface area contributed by atoms with Gasteiger partial charge in [-0.15, -0.1) is 0 Å². The average molecular weight is 631 g/mol. The molecule has 0 spiro atoms. The molecule has 0 N–H and O–H groups in total. The van der Waals surface area contributed by atoms with Crippen LogP contribution in [0, 0.1) is 45.3 Å². The Morgan fingerprint density at radius 1 is 0.488 bits per heavy atom. The lowest BCUT2D eigenvalue weighted by Gasteiger charge is -2.32. The van der Waals surface area contributed by atoms with E-state index in [4.69, 9.17) is 21.0 Å². The van der Waals surface area contributed by atoms with Gasteiger partial charge in [0.1, 0.15) is 0 Å². The van der Waals surface area contributed by atoms with Gasteiger partial charge in [0.2, 0.25) is 24.6 Å². The van der Waals surface area contributed by atoms with Gasteiger partial charge in [-0.25, -0.2) is 25.4 Å². The van der Waals surface area contributed by atoms with Gasteiger partial charge in [-0.3, -0.25) is 0 Å². The maximum absolute atomic E-state index is 14.4. The molecule has 1 aromatic carbocycles. The van der Waals surface area contributed by atoms with Crippen molar-refractivity contribution in [2.45, 2.75) is 107 Å². The van der Waals surface area contributed by atoms with E-state index in [0.717, 1.165) is 0 Å². The fraction of sp³-hybridized carbons (Fsp3) is 0.677. The van der Waals surface area contributed by atoms with E-state index in [9.17, 15) is 16.8 Å². The third-order valence-corrected chi connectivity index (χ3v) is 12.4. The van der Waals surface area contributed by atoms with Crippen LogP contribution < -0.4 is 0 Å². The zero-order valence-electron chi connectivity index (χ0n) is 25.2. The van der Waals surface area contributed by atoms with Gasteiger partial charge in [0.05, 0.1) is 24.3 Å². The molecule has 1 rings (SSSR count). The highest BCUT2D eigenvalue weighted by molar-refractivity contribution is 8.06. The van der Waals surface area contributed by atoms with E-state index in [1.807, 2.05) is 0 Å². The summed E-state index contributed by atoms with van der Waals surface area (Å²) in [7, 11) is -8.79. The lowest BCUT2D eigenvalue weighted by Crippen LogP contribution is -2.44. The van der Waals surface area contributed by atoms with E-state index in [1.54, 1.807) is 18.2 Å². The van der Waals surface area contributed by atoms with Crippen molar-refractivity contribution in [2.75, 3.05) is 26.2 Å². The standard InChI is InChI=1S/C31H46N6O4S2/c32-22-12-1-5-16-26-36(27-17-6-2-13-23-33)42(38,39)31(30-20-10-9-11-21-30)43(40,41)37(28-18-7-3-14-24-34)29-19-8-4-15-25-35/h9-11,20-21,31H,1-8,12-19,26-29H2. The predicted molar refractivity (Wildman–Crippen MR) is 166 cm³/mol. The van der Waals surface area contributed by atoms with Gasteiger partial charge >= 0.3 is 0 Å². The fourth-order valence-electron chi connectivity index (χ4n) is 4.79. The summed E-state index contributed by atoms with van der Waals surface area (Å²) in [5.41, 5.74) is 0.181. The summed E-state index contributed by atoms with van der Waals surface area (Å²) in [6, 6.07) is 16.4. The molecule has 0 aliphatic carbocycles. The molecule has 0 unspecified atom stereocenters. The number of nitrogens with zero attached hydrogens (tertiary/aromatic N) is 6. The van der Waals surface area contributed by atoms with Crippen molar-refractivity contribution in [1.29, 1.82) is 21.0 Å². The second-order valence-electron chi connectivity index (χ2n) is 10.5. The third-order valence-electron chi connectivity index (χ3n) is 7.12. The Bertz CT molecular complexity index is 1160. The Hall–Kier alpha value is -3.00. The molecule has 0 aliphatic heterocycles. The molecule has 0 aliphatic rings. The highest BCUT2D eigenvalue weighted by Gasteiger charge is 2.45. The fourth-order valence-corrected chi connectivity index (χ4v) is 9.82. The molecule has 0 radical (unpaired) electrons. The largest absolute Gasteiger partial charge is 0.237 e. The molecular formula is C31H46N6O4S2. The Morgan fingerprint density at radius 3 is 1.07 bits per heavy atom. The summed E-state index contributed by atoms with van der Waals surface area (Å²) in [5.74, 6) is 0. The van der Waals surface area contributed by atoms with Gasteiger partial charge in [0, 0.05) is 51.9 Å². The van der Waals surface area contributed by atoms with E-state index in [-0.39, 0.29) is 31.7 Å². The molecule has 0 fully saturated rings. The normalized spacial score (nSPS) is 11.7. The van der Waals surface area contributed by atoms with Gasteiger partial charge in [-0.2, -0.15) is 21.0 Å². The van der Waals surface area contributed by atoms with E-state index in [2.05, 4.69) is 24.3 Å². The van der Waals surface area contributed by atoms with Crippen molar-refractivity contribution in [2.24, 2.45) is 0 Å². The lowest BCUT2D eigenvalue weighted by molar-refractivity contribution is 0.373. The van der Waals surface area contributed by atoms with E-state index in [1.165, 1.54) is 20.7 Å². The van der Waals surface area contributed by atoms with Gasteiger partial charge < -0.3 is 0 Å². The number of sulfonamides is 2. The van der Waals surface area contributed by atoms with Gasteiger partial charge in [-0.1, -0.05) is 56.0 Å². The first-order valence-electron chi connectivity index (χ1n) is 15.3. The Balaban J connectivity index is 3.42. The Labute approximate surface area is 259 Å². The van der Waals surface area contributed by atoms with Gasteiger partial charge in [-0.05, 0) is 56.9 Å². The molecular weight excluding hydrogens is 585 g/mol. The maximum atomic E-state index is 14.4. The minimum atomic E-state index is -4.40. The SMILES string of the molecule is N#CCCCCCN(CCCCCC#N)S(=O)(=O)C(c1ccccc1)S(=O)(=O)N(CCCCCC#N)CCCCCC#N. The third kappa shape index (κ3) is 14.3. The molecule has 12 heteroatoms. The minimum Gasteiger partial charge on any atom is -0.210 e. The first-order chi connectivity index (χ1) is 20.8. The van der Waals surface area contributed by atoms with Crippen LogP contribution in [0.2, 0.25) is 0 Å². The molecule has 0 saturated heterocycles. The monoisotopic (exact) mass is 630 g/mol. The van der Waals surface area contributed by atoms with Crippen LogP contribution in [-0.2, 0) is 20.0 Å². The van der Waals surface area contributed by atoms with Gasteiger partial charge in [0.15, 0.2) is 0 Å². The van der Waals surface area contributed by atoms with Crippen LogP contribution >= 0.6 is 0 Å². The summed E-state index contributed by atoms with van der Waals surface area (Å²) < 4.78 is 58.3. The van der Waals surface area contributed by atoms with Crippen molar-refractivity contribution in [3.63, 3.8) is 0 Å². The van der Waals surface area contributed by atoms with Crippen LogP contribution in [0.4, 0.5) is 0 Å². The number of benzene rings is 1. The van der Waals surface area contributed by atoms with Crippen LogP contribution in [0.1, 0.15) is 113 Å². The highest BCUT2D eigenvalue weighted by atomic mass is 32.3. The molecule has 236 valence electrons. The summed E-state index contributed by atoms with van der Waals surface area (Å²) in [5, 5.41) is 35.4. The number of rotatable bonds is 25. The molecule has 43 heavy (non-hydrogen) atoms. The smallest absolute Gasteiger partial charge is 0.210 e. The van der Waals surface area contributed by atoms with Crippen LogP contribution in [0.15, 0.2) is 30.3 Å². The second kappa shape index (κ2) is 22.5. The van der Waals surface area contributed by atoms with Crippen molar-refractivity contribution >= 4 is 20.0 Å². The predicted octanol–water partition coefficient (Wildman–Crippen LogP) is 6.28. The van der Waals surface area contributed by atoms with Crippen molar-refractivity contribution < 1.29 is 16.8 Å². The summed E-state index contributed by atoms with van der Waals surface area (Å²) in [6.07, 6.45) is 8.64. The number of hydrogen-bond donors (Lipinski definition) is 0. The first-order valence-corrected chi connectivity index (χ1v) is 18.3. The molecule has 0 heterocycles. The molecule has 0 saturated carbocycles. The zero-order chi connectivity index (χ0) is 31.8. The molecule has 1 aromatic rings. The molecule has 0 aromatic heterocycles. The Morgan fingerprint density at radius 2 is 0.791 bits per heavy atom. The topological polar surface area (TPSA) is 170 Å². The van der Waals surface area contributed by atoms with Crippen molar-refractivity contribution in [3.05, 3.63) is 35.9 Å². The molecule has 10 nitrogen and oxygen atoms in total. The quantitative estimate of drug-likeness (QED) is 0.114. The van der Waals surface area contributed by atoms with E-state index in [0.29, 0.717) is 103 Å². The average Bonchev–Trinajstić information content (AvgIpc) is 2.98. The van der Waals surface area contributed by atoms with Crippen LogP contribution in [0.5, 0.6) is 0 Å². The van der Waals surface area contributed by atoms with Crippen molar-refractivity contribution in [1.82, 2.24) is 8.61 Å². The molecule has 0 amide bonds. The maximum Gasteiger partial charge on any atom is 0.237 e. The Kier molecular flexibility index (Phi) is 19.9. The second-order valence-corrected chi connectivity index (χ2v) is 14.8. The summed E-state index contributed by atoms with van der Waals surface area (Å²) in [4.78, 5) is 0. The van der Waals surface area contributed by atoms with Crippen molar-refractivity contribution in [3.8, 4) is 24.3 Å².